The molecular weight excluding hydrogens is 356 g/mol. The molecule has 8 nitrogen and oxygen atoms in total. The summed E-state index contributed by atoms with van der Waals surface area (Å²) in [4.78, 5) is 25.8. The largest absolute Gasteiger partial charge is 0.349 e. The lowest BCUT2D eigenvalue weighted by Crippen LogP contribution is -2.42. The number of hydrogen-bond acceptors (Lipinski definition) is 4. The molecule has 0 aliphatic carbocycles. The van der Waals surface area contributed by atoms with Gasteiger partial charge in [-0.3, -0.25) is 13.9 Å². The number of piperidine rings is 1. The topological polar surface area (TPSA) is 84.6 Å². The molecule has 26 heavy (non-hydrogen) atoms. The number of aryl methyl sites for hydroxylation is 2. The van der Waals surface area contributed by atoms with Crippen LogP contribution in [0.3, 0.4) is 0 Å². The van der Waals surface area contributed by atoms with Gasteiger partial charge in [0.2, 0.25) is 15.9 Å². The van der Waals surface area contributed by atoms with Crippen molar-refractivity contribution in [3.05, 3.63) is 28.7 Å². The van der Waals surface area contributed by atoms with Crippen LogP contribution in [-0.4, -0.2) is 59.8 Å². The quantitative estimate of drug-likeness (QED) is 0.770. The van der Waals surface area contributed by atoms with Crippen LogP contribution in [0.5, 0.6) is 0 Å². The molecule has 9 heteroatoms. The van der Waals surface area contributed by atoms with Crippen molar-refractivity contribution in [2.75, 3.05) is 27.2 Å². The van der Waals surface area contributed by atoms with E-state index < -0.39 is 10.0 Å². The summed E-state index contributed by atoms with van der Waals surface area (Å²) >= 11 is 0. The van der Waals surface area contributed by atoms with E-state index in [1.807, 2.05) is 0 Å². The molecule has 2 aromatic rings. The Morgan fingerprint density at radius 2 is 1.65 bits per heavy atom. The van der Waals surface area contributed by atoms with Gasteiger partial charge in [0.15, 0.2) is 0 Å². The van der Waals surface area contributed by atoms with E-state index in [2.05, 4.69) is 0 Å². The predicted octanol–water partition coefficient (Wildman–Crippen LogP) is 0.366. The van der Waals surface area contributed by atoms with E-state index >= 15 is 0 Å². The van der Waals surface area contributed by atoms with Crippen molar-refractivity contribution < 1.29 is 13.2 Å². The van der Waals surface area contributed by atoms with E-state index in [9.17, 15) is 18.0 Å². The van der Waals surface area contributed by atoms with Crippen molar-refractivity contribution in [1.82, 2.24) is 18.3 Å². The van der Waals surface area contributed by atoms with E-state index in [4.69, 9.17) is 0 Å². The maximum Gasteiger partial charge on any atom is 0.328 e. The Labute approximate surface area is 152 Å². The van der Waals surface area contributed by atoms with Crippen LogP contribution < -0.4 is 5.69 Å². The van der Waals surface area contributed by atoms with E-state index in [1.54, 1.807) is 45.2 Å². The highest BCUT2D eigenvalue weighted by molar-refractivity contribution is 7.89. The maximum atomic E-state index is 13.0. The van der Waals surface area contributed by atoms with E-state index in [1.165, 1.54) is 19.5 Å². The number of carbonyl (C=O) groups excluding carboxylic acids is 1. The third-order valence-corrected chi connectivity index (χ3v) is 7.02. The van der Waals surface area contributed by atoms with Gasteiger partial charge in [0.1, 0.15) is 0 Å². The van der Waals surface area contributed by atoms with Crippen molar-refractivity contribution in [3.8, 4) is 0 Å². The molecule has 142 valence electrons. The number of amides is 1. The molecule has 1 amide bonds. The molecule has 0 atom stereocenters. The summed E-state index contributed by atoms with van der Waals surface area (Å²) in [7, 11) is 3.05. The van der Waals surface area contributed by atoms with Gasteiger partial charge < -0.3 is 4.90 Å². The number of carbonyl (C=O) groups is 1. The number of aromatic nitrogens is 2. The Hall–Kier alpha value is -2.13. The lowest BCUT2D eigenvalue weighted by atomic mass is 9.97. The highest BCUT2D eigenvalue weighted by atomic mass is 32.2. The second-order valence-corrected chi connectivity index (χ2v) is 8.90. The zero-order valence-electron chi connectivity index (χ0n) is 15.5. The molecule has 3 rings (SSSR count). The van der Waals surface area contributed by atoms with Crippen LogP contribution in [0.25, 0.3) is 11.0 Å². The third kappa shape index (κ3) is 2.95. The minimum absolute atomic E-state index is 0.0442. The zero-order valence-corrected chi connectivity index (χ0v) is 16.3. The third-order valence-electron chi connectivity index (χ3n) is 5.13. The summed E-state index contributed by atoms with van der Waals surface area (Å²) in [5.74, 6) is -0.0865. The zero-order chi connectivity index (χ0) is 19.2. The molecule has 2 heterocycles. The average molecular weight is 380 g/mol. The Kier molecular flexibility index (Phi) is 4.70. The number of hydrogen-bond donors (Lipinski definition) is 0. The van der Waals surface area contributed by atoms with Crippen LogP contribution in [0.4, 0.5) is 0 Å². The molecule has 0 unspecified atom stereocenters. The molecule has 1 fully saturated rings. The minimum Gasteiger partial charge on any atom is -0.349 e. The first-order valence-electron chi connectivity index (χ1n) is 8.51. The lowest BCUT2D eigenvalue weighted by molar-refractivity contribution is -0.134. The van der Waals surface area contributed by atoms with Gasteiger partial charge in [-0.2, -0.15) is 4.31 Å². The monoisotopic (exact) mass is 380 g/mol. The smallest absolute Gasteiger partial charge is 0.328 e. The van der Waals surface area contributed by atoms with Gasteiger partial charge in [-0.25, -0.2) is 13.2 Å². The Balaban J connectivity index is 1.88. The number of imidazole rings is 1. The van der Waals surface area contributed by atoms with E-state index in [-0.39, 0.29) is 22.4 Å². The highest BCUT2D eigenvalue weighted by Crippen LogP contribution is 2.26. The van der Waals surface area contributed by atoms with Crippen LogP contribution >= 0.6 is 0 Å². The average Bonchev–Trinajstić information content (AvgIpc) is 2.85. The van der Waals surface area contributed by atoms with E-state index in [0.717, 1.165) is 0 Å². The van der Waals surface area contributed by atoms with E-state index in [0.29, 0.717) is 37.0 Å². The fourth-order valence-corrected chi connectivity index (χ4v) is 4.99. The highest BCUT2D eigenvalue weighted by Gasteiger charge is 2.32. The van der Waals surface area contributed by atoms with Crippen molar-refractivity contribution in [3.63, 3.8) is 0 Å². The van der Waals surface area contributed by atoms with Crippen LogP contribution in [0.15, 0.2) is 27.9 Å². The number of sulfonamides is 1. The standard InChI is InChI=1S/C17H24N4O4S/c1-18(2)16(22)12-7-9-21(10-8-12)26(24,25)13-5-6-14-15(11-13)20(4)17(23)19(14)3/h5-6,11-12H,7-10H2,1-4H3. The molecule has 0 radical (unpaired) electrons. The SMILES string of the molecule is CN(C)C(=O)C1CCN(S(=O)(=O)c2ccc3c(c2)n(C)c(=O)n3C)CC1. The Morgan fingerprint density at radius 3 is 2.23 bits per heavy atom. The van der Waals surface area contributed by atoms with Crippen LogP contribution in [0.1, 0.15) is 12.8 Å². The molecule has 1 aromatic heterocycles. The van der Waals surface area contributed by atoms with Crippen LogP contribution in [0, 0.1) is 5.92 Å². The number of nitrogens with zero attached hydrogens (tertiary/aromatic N) is 4. The number of benzene rings is 1. The summed E-state index contributed by atoms with van der Waals surface area (Å²) in [5, 5.41) is 0. The summed E-state index contributed by atoms with van der Waals surface area (Å²) in [6.07, 6.45) is 1.03. The fourth-order valence-electron chi connectivity index (χ4n) is 3.50. The molecule has 0 spiro atoms. The molecule has 0 N–H and O–H groups in total. The molecule has 1 aliphatic rings. The van der Waals surface area contributed by atoms with Gasteiger partial charge in [0, 0.05) is 47.2 Å². The summed E-state index contributed by atoms with van der Waals surface area (Å²) in [6, 6.07) is 4.74. The lowest BCUT2D eigenvalue weighted by Gasteiger charge is -2.31. The van der Waals surface area contributed by atoms with Gasteiger partial charge in [-0.15, -0.1) is 0 Å². The number of fused-ring (bicyclic) bond motifs is 1. The van der Waals surface area contributed by atoms with Crippen molar-refractivity contribution in [1.29, 1.82) is 0 Å². The molecule has 0 saturated carbocycles. The Bertz CT molecular complexity index is 1010. The summed E-state index contributed by atoms with van der Waals surface area (Å²) in [5.41, 5.74) is 1.07. The van der Waals surface area contributed by atoms with Gasteiger partial charge in [0.05, 0.1) is 15.9 Å². The molecule has 1 aromatic carbocycles. The van der Waals surface area contributed by atoms with Gasteiger partial charge in [-0.05, 0) is 31.0 Å². The summed E-state index contributed by atoms with van der Waals surface area (Å²) in [6.45, 7) is 0.636. The maximum absolute atomic E-state index is 13.0. The fraction of sp³-hybridized carbons (Fsp3) is 0.529. The van der Waals surface area contributed by atoms with Crippen molar-refractivity contribution in [2.24, 2.45) is 20.0 Å². The Morgan fingerprint density at radius 1 is 1.08 bits per heavy atom. The van der Waals surface area contributed by atoms with Crippen LogP contribution in [-0.2, 0) is 28.9 Å². The first-order valence-corrected chi connectivity index (χ1v) is 9.95. The molecular formula is C17H24N4O4S. The van der Waals surface area contributed by atoms with Crippen molar-refractivity contribution in [2.45, 2.75) is 17.7 Å². The van der Waals surface area contributed by atoms with Gasteiger partial charge in [-0.1, -0.05) is 0 Å². The first-order chi connectivity index (χ1) is 12.1. The second-order valence-electron chi connectivity index (χ2n) is 6.96. The molecule has 1 aliphatic heterocycles. The van der Waals surface area contributed by atoms with Crippen molar-refractivity contribution >= 4 is 27.0 Å². The summed E-state index contributed by atoms with van der Waals surface area (Å²) < 4.78 is 30.3. The predicted molar refractivity (Wildman–Crippen MR) is 98.3 cm³/mol. The second kappa shape index (κ2) is 6.55. The number of rotatable bonds is 3. The normalized spacial score (nSPS) is 16.9. The van der Waals surface area contributed by atoms with Gasteiger partial charge in [0.25, 0.3) is 0 Å². The molecule has 0 bridgehead atoms. The van der Waals surface area contributed by atoms with Crippen LogP contribution in [0.2, 0.25) is 0 Å². The molecule has 1 saturated heterocycles. The first kappa shape index (κ1) is 18.7. The van der Waals surface area contributed by atoms with Gasteiger partial charge >= 0.3 is 5.69 Å². The minimum atomic E-state index is -3.66.